The maximum atomic E-state index is 13.3. The van der Waals surface area contributed by atoms with E-state index < -0.39 is 34.4 Å². The Morgan fingerprint density at radius 2 is 1.75 bits per heavy atom. The first kappa shape index (κ1) is 25.4. The topological polar surface area (TPSA) is 104 Å². The van der Waals surface area contributed by atoms with Gasteiger partial charge in [0.1, 0.15) is 12.6 Å². The first-order valence-electron chi connectivity index (χ1n) is 9.78. The standard InChI is InChI=1S/C22H26ClN3O5S/c1-15(22(29)24-3)25(13-17-7-5-9-19(23)11-17)21(28)14-26(32(4,30)31)20-10-6-8-18(12-20)16(2)27/h5-12,15H,13-14H2,1-4H3,(H,24,29). The number of Topliss-reactive ketones (excluding diaryl/α,β-unsaturated/α-hetero) is 1. The molecule has 0 aliphatic carbocycles. The zero-order valence-corrected chi connectivity index (χ0v) is 19.9. The van der Waals surface area contributed by atoms with Gasteiger partial charge < -0.3 is 10.2 Å². The number of hydrogen-bond acceptors (Lipinski definition) is 5. The SMILES string of the molecule is CNC(=O)C(C)N(Cc1cccc(Cl)c1)C(=O)CN(c1cccc(C(C)=O)c1)S(C)(=O)=O. The van der Waals surface area contributed by atoms with Crippen LogP contribution in [0, 0.1) is 0 Å². The number of carbonyl (C=O) groups excluding carboxylic acids is 3. The van der Waals surface area contributed by atoms with Gasteiger partial charge in [-0.2, -0.15) is 0 Å². The molecule has 2 amide bonds. The number of likely N-dealkylation sites (N-methyl/N-ethyl adjacent to an activating group) is 1. The zero-order valence-electron chi connectivity index (χ0n) is 18.3. The third kappa shape index (κ3) is 6.54. The van der Waals surface area contributed by atoms with Gasteiger partial charge in [0.25, 0.3) is 0 Å². The molecule has 1 unspecified atom stereocenters. The molecule has 0 radical (unpaired) electrons. The van der Waals surface area contributed by atoms with Gasteiger partial charge in [0, 0.05) is 24.2 Å². The van der Waals surface area contributed by atoms with Gasteiger partial charge in [-0.05, 0) is 43.7 Å². The molecule has 0 bridgehead atoms. The molecular formula is C22H26ClN3O5S. The van der Waals surface area contributed by atoms with Crippen LogP contribution in [0.15, 0.2) is 48.5 Å². The molecule has 1 atom stereocenters. The van der Waals surface area contributed by atoms with E-state index in [9.17, 15) is 22.8 Å². The normalized spacial score (nSPS) is 12.0. The van der Waals surface area contributed by atoms with E-state index in [1.54, 1.807) is 43.3 Å². The van der Waals surface area contributed by atoms with Crippen LogP contribution in [-0.4, -0.2) is 56.8 Å². The summed E-state index contributed by atoms with van der Waals surface area (Å²) in [5.41, 5.74) is 1.19. The molecule has 172 valence electrons. The third-order valence-corrected chi connectivity index (χ3v) is 6.25. The van der Waals surface area contributed by atoms with E-state index in [-0.39, 0.29) is 18.0 Å². The number of amides is 2. The van der Waals surface area contributed by atoms with Crippen LogP contribution in [0.1, 0.15) is 29.8 Å². The van der Waals surface area contributed by atoms with Crippen molar-refractivity contribution in [2.75, 3.05) is 24.2 Å². The molecule has 0 aliphatic heterocycles. The molecule has 0 aliphatic rings. The molecule has 32 heavy (non-hydrogen) atoms. The number of ketones is 1. The third-order valence-electron chi connectivity index (χ3n) is 4.88. The van der Waals surface area contributed by atoms with Gasteiger partial charge in [0.05, 0.1) is 11.9 Å². The smallest absolute Gasteiger partial charge is 0.244 e. The molecule has 0 heterocycles. The minimum atomic E-state index is -3.87. The molecule has 2 rings (SSSR count). The predicted molar refractivity (Wildman–Crippen MR) is 124 cm³/mol. The lowest BCUT2D eigenvalue weighted by molar-refractivity contribution is -0.139. The minimum Gasteiger partial charge on any atom is -0.357 e. The Morgan fingerprint density at radius 3 is 2.31 bits per heavy atom. The predicted octanol–water partition coefficient (Wildman–Crippen LogP) is 2.47. The van der Waals surface area contributed by atoms with Crippen molar-refractivity contribution in [3.63, 3.8) is 0 Å². The highest BCUT2D eigenvalue weighted by atomic mass is 35.5. The highest BCUT2D eigenvalue weighted by Gasteiger charge is 2.29. The first-order valence-corrected chi connectivity index (χ1v) is 12.0. The number of sulfonamides is 1. The van der Waals surface area contributed by atoms with Crippen LogP contribution in [0.25, 0.3) is 0 Å². The molecule has 0 saturated carbocycles. The van der Waals surface area contributed by atoms with Crippen molar-refractivity contribution < 1.29 is 22.8 Å². The number of hydrogen-bond donors (Lipinski definition) is 1. The van der Waals surface area contributed by atoms with Gasteiger partial charge in [0.2, 0.25) is 21.8 Å². The first-order chi connectivity index (χ1) is 14.9. The van der Waals surface area contributed by atoms with Gasteiger partial charge in [-0.25, -0.2) is 8.42 Å². The second kappa shape index (κ2) is 10.6. The molecular weight excluding hydrogens is 454 g/mol. The molecule has 2 aromatic rings. The van der Waals surface area contributed by atoms with Crippen LogP contribution in [0.2, 0.25) is 5.02 Å². The summed E-state index contributed by atoms with van der Waals surface area (Å²) in [4.78, 5) is 38.6. The number of rotatable bonds is 9. The summed E-state index contributed by atoms with van der Waals surface area (Å²) in [5.74, 6) is -1.22. The fraction of sp³-hybridized carbons (Fsp3) is 0.318. The summed E-state index contributed by atoms with van der Waals surface area (Å²) < 4.78 is 25.9. The van der Waals surface area contributed by atoms with E-state index in [0.717, 1.165) is 10.6 Å². The molecule has 0 aromatic heterocycles. The van der Waals surface area contributed by atoms with Gasteiger partial charge >= 0.3 is 0 Å². The average Bonchev–Trinajstić information content (AvgIpc) is 2.73. The van der Waals surface area contributed by atoms with Gasteiger partial charge in [-0.15, -0.1) is 0 Å². The number of nitrogens with zero attached hydrogens (tertiary/aromatic N) is 2. The van der Waals surface area contributed by atoms with Crippen molar-refractivity contribution in [3.05, 3.63) is 64.7 Å². The van der Waals surface area contributed by atoms with E-state index in [0.29, 0.717) is 16.1 Å². The number of nitrogens with one attached hydrogen (secondary N) is 1. The van der Waals surface area contributed by atoms with Crippen LogP contribution in [0.4, 0.5) is 5.69 Å². The van der Waals surface area contributed by atoms with Gasteiger partial charge in [-0.1, -0.05) is 35.9 Å². The molecule has 0 saturated heterocycles. The quantitative estimate of drug-likeness (QED) is 0.556. The number of carbonyl (C=O) groups is 3. The highest BCUT2D eigenvalue weighted by Crippen LogP contribution is 2.21. The summed E-state index contributed by atoms with van der Waals surface area (Å²) in [5, 5.41) is 2.98. The molecule has 0 spiro atoms. The van der Waals surface area contributed by atoms with Crippen LogP contribution in [0.3, 0.4) is 0 Å². The largest absolute Gasteiger partial charge is 0.357 e. The van der Waals surface area contributed by atoms with Gasteiger partial charge in [-0.3, -0.25) is 18.7 Å². The molecule has 1 N–H and O–H groups in total. The second-order valence-corrected chi connectivity index (χ2v) is 9.66. The van der Waals surface area contributed by atoms with Crippen LogP contribution >= 0.6 is 11.6 Å². The number of halogens is 1. The van der Waals surface area contributed by atoms with Crippen molar-refractivity contribution in [2.45, 2.75) is 26.4 Å². The molecule has 2 aromatic carbocycles. The van der Waals surface area contributed by atoms with Crippen LogP contribution in [-0.2, 0) is 26.2 Å². The monoisotopic (exact) mass is 479 g/mol. The maximum Gasteiger partial charge on any atom is 0.244 e. The van der Waals surface area contributed by atoms with Gasteiger partial charge in [0.15, 0.2) is 5.78 Å². The van der Waals surface area contributed by atoms with Crippen molar-refractivity contribution in [1.29, 1.82) is 0 Å². The average molecular weight is 480 g/mol. The Bertz CT molecular complexity index is 1120. The zero-order chi connectivity index (χ0) is 24.1. The Balaban J connectivity index is 2.42. The van der Waals surface area contributed by atoms with E-state index in [4.69, 9.17) is 11.6 Å². The summed E-state index contributed by atoms with van der Waals surface area (Å²) in [7, 11) is -2.41. The lowest BCUT2D eigenvalue weighted by Crippen LogP contribution is -2.50. The van der Waals surface area contributed by atoms with E-state index in [1.165, 1.54) is 31.0 Å². The second-order valence-electron chi connectivity index (χ2n) is 7.32. The van der Waals surface area contributed by atoms with E-state index in [2.05, 4.69) is 5.32 Å². The van der Waals surface area contributed by atoms with Crippen molar-refractivity contribution in [2.24, 2.45) is 0 Å². The lowest BCUT2D eigenvalue weighted by atomic mass is 10.1. The Morgan fingerprint density at radius 1 is 1.09 bits per heavy atom. The highest BCUT2D eigenvalue weighted by molar-refractivity contribution is 7.92. The minimum absolute atomic E-state index is 0.0546. The molecule has 0 fully saturated rings. The summed E-state index contributed by atoms with van der Waals surface area (Å²) in [6.45, 7) is 2.44. The maximum absolute atomic E-state index is 13.3. The van der Waals surface area contributed by atoms with Crippen LogP contribution < -0.4 is 9.62 Å². The number of anilines is 1. The van der Waals surface area contributed by atoms with E-state index >= 15 is 0 Å². The Hall–Kier alpha value is -2.91. The van der Waals surface area contributed by atoms with Crippen molar-refractivity contribution >= 4 is 44.9 Å². The Kier molecular flexibility index (Phi) is 8.40. The van der Waals surface area contributed by atoms with Crippen molar-refractivity contribution in [1.82, 2.24) is 10.2 Å². The summed E-state index contributed by atoms with van der Waals surface area (Å²) >= 11 is 6.04. The van der Waals surface area contributed by atoms with Crippen LogP contribution in [0.5, 0.6) is 0 Å². The fourth-order valence-corrected chi connectivity index (χ4v) is 4.17. The summed E-state index contributed by atoms with van der Waals surface area (Å²) in [6.07, 6.45) is 0.976. The van der Waals surface area contributed by atoms with E-state index in [1.807, 2.05) is 0 Å². The summed E-state index contributed by atoms with van der Waals surface area (Å²) in [6, 6.07) is 12.0. The van der Waals surface area contributed by atoms with Crippen molar-refractivity contribution in [3.8, 4) is 0 Å². The number of benzene rings is 2. The fourth-order valence-electron chi connectivity index (χ4n) is 3.12. The Labute approximate surface area is 193 Å². The molecule has 10 heteroatoms. The molecule has 8 nitrogen and oxygen atoms in total. The lowest BCUT2D eigenvalue weighted by Gasteiger charge is -2.31.